The molecular formula is C16H21N5O. The third kappa shape index (κ3) is 3.16. The van der Waals surface area contributed by atoms with E-state index in [1.807, 2.05) is 35.2 Å². The SMILES string of the molecule is CC[C@@H]1CCCCN1C(=O)Cn1nnc(-c2ccccc2)n1. The fourth-order valence-electron chi connectivity index (χ4n) is 2.98. The molecule has 3 rings (SSSR count). The molecule has 6 heteroatoms. The lowest BCUT2D eigenvalue weighted by atomic mass is 10.00. The molecule has 0 unspecified atom stereocenters. The molecule has 1 aromatic carbocycles. The van der Waals surface area contributed by atoms with Crippen LogP contribution < -0.4 is 0 Å². The van der Waals surface area contributed by atoms with Crippen molar-refractivity contribution >= 4 is 5.91 Å². The molecular weight excluding hydrogens is 278 g/mol. The first-order chi connectivity index (χ1) is 10.8. The number of carbonyl (C=O) groups excluding carboxylic acids is 1. The van der Waals surface area contributed by atoms with Crippen molar-refractivity contribution in [3.8, 4) is 11.4 Å². The highest BCUT2D eigenvalue weighted by atomic mass is 16.2. The van der Waals surface area contributed by atoms with Gasteiger partial charge in [0.2, 0.25) is 11.7 Å². The summed E-state index contributed by atoms with van der Waals surface area (Å²) in [6.45, 7) is 3.14. The molecule has 0 aliphatic carbocycles. The van der Waals surface area contributed by atoms with Gasteiger partial charge in [0.25, 0.3) is 0 Å². The lowest BCUT2D eigenvalue weighted by Gasteiger charge is -2.35. The molecule has 0 radical (unpaired) electrons. The summed E-state index contributed by atoms with van der Waals surface area (Å²) in [7, 11) is 0. The van der Waals surface area contributed by atoms with Crippen molar-refractivity contribution in [3.63, 3.8) is 0 Å². The standard InChI is InChI=1S/C16H21N5O/c1-2-14-10-6-7-11-20(14)15(22)12-21-18-16(17-19-21)13-8-4-3-5-9-13/h3-5,8-9,14H,2,6-7,10-12H2,1H3/t14-/m1/s1. The zero-order chi connectivity index (χ0) is 15.4. The minimum Gasteiger partial charge on any atom is -0.338 e. The summed E-state index contributed by atoms with van der Waals surface area (Å²) in [5.41, 5.74) is 0.908. The highest BCUT2D eigenvalue weighted by molar-refractivity contribution is 5.76. The predicted octanol–water partition coefficient (Wildman–Crippen LogP) is 2.13. The van der Waals surface area contributed by atoms with E-state index in [-0.39, 0.29) is 12.5 Å². The molecule has 6 nitrogen and oxygen atoms in total. The van der Waals surface area contributed by atoms with Gasteiger partial charge in [0.1, 0.15) is 6.54 Å². The van der Waals surface area contributed by atoms with Gasteiger partial charge in [0.15, 0.2) is 0 Å². The van der Waals surface area contributed by atoms with Crippen LogP contribution in [0.15, 0.2) is 30.3 Å². The van der Waals surface area contributed by atoms with E-state index in [4.69, 9.17) is 0 Å². The molecule has 0 spiro atoms. The van der Waals surface area contributed by atoms with Crippen molar-refractivity contribution in [1.29, 1.82) is 0 Å². The van der Waals surface area contributed by atoms with Gasteiger partial charge in [-0.3, -0.25) is 4.79 Å². The van der Waals surface area contributed by atoms with Crippen LogP contribution in [0.1, 0.15) is 32.6 Å². The first kappa shape index (κ1) is 14.7. The highest BCUT2D eigenvalue weighted by Gasteiger charge is 2.25. The highest BCUT2D eigenvalue weighted by Crippen LogP contribution is 2.20. The second-order valence-corrected chi connectivity index (χ2v) is 5.65. The van der Waals surface area contributed by atoms with Crippen molar-refractivity contribution in [2.24, 2.45) is 0 Å². The molecule has 0 bridgehead atoms. The van der Waals surface area contributed by atoms with E-state index in [0.717, 1.165) is 31.4 Å². The second-order valence-electron chi connectivity index (χ2n) is 5.65. The summed E-state index contributed by atoms with van der Waals surface area (Å²) in [5.74, 6) is 0.641. The molecule has 2 heterocycles. The number of nitrogens with zero attached hydrogens (tertiary/aromatic N) is 5. The molecule has 1 aliphatic heterocycles. The Bertz CT molecular complexity index is 624. The molecule has 1 fully saturated rings. The van der Waals surface area contributed by atoms with Crippen molar-refractivity contribution in [2.45, 2.75) is 45.2 Å². The Balaban J connectivity index is 1.68. The first-order valence-electron chi connectivity index (χ1n) is 7.90. The van der Waals surface area contributed by atoms with E-state index in [0.29, 0.717) is 11.9 Å². The molecule has 116 valence electrons. The lowest BCUT2D eigenvalue weighted by molar-refractivity contribution is -0.136. The van der Waals surface area contributed by atoms with Gasteiger partial charge in [0, 0.05) is 18.2 Å². The number of rotatable bonds is 4. The van der Waals surface area contributed by atoms with E-state index in [9.17, 15) is 4.79 Å². The van der Waals surface area contributed by atoms with E-state index in [2.05, 4.69) is 22.3 Å². The van der Waals surface area contributed by atoms with Gasteiger partial charge < -0.3 is 4.90 Å². The van der Waals surface area contributed by atoms with Crippen molar-refractivity contribution in [1.82, 2.24) is 25.1 Å². The van der Waals surface area contributed by atoms with Crippen LogP contribution in [0.2, 0.25) is 0 Å². The van der Waals surface area contributed by atoms with E-state index >= 15 is 0 Å². The van der Waals surface area contributed by atoms with Crippen LogP contribution in [0.5, 0.6) is 0 Å². The Morgan fingerprint density at radius 2 is 2.09 bits per heavy atom. The maximum atomic E-state index is 12.5. The third-order valence-corrected chi connectivity index (χ3v) is 4.18. The number of piperidine rings is 1. The van der Waals surface area contributed by atoms with Crippen LogP contribution in [-0.4, -0.2) is 43.6 Å². The molecule has 22 heavy (non-hydrogen) atoms. The number of hydrogen-bond acceptors (Lipinski definition) is 4. The Labute approximate surface area is 130 Å². The topological polar surface area (TPSA) is 63.9 Å². The monoisotopic (exact) mass is 299 g/mol. The van der Waals surface area contributed by atoms with E-state index < -0.39 is 0 Å². The molecule has 0 N–H and O–H groups in total. The molecule has 1 aromatic heterocycles. The number of likely N-dealkylation sites (tertiary alicyclic amines) is 1. The zero-order valence-electron chi connectivity index (χ0n) is 12.9. The van der Waals surface area contributed by atoms with Crippen LogP contribution in [0.3, 0.4) is 0 Å². The summed E-state index contributed by atoms with van der Waals surface area (Å²) in [5, 5.41) is 12.4. The molecule has 2 aromatic rings. The Hall–Kier alpha value is -2.24. The quantitative estimate of drug-likeness (QED) is 0.867. The molecule has 0 saturated carbocycles. The molecule has 1 aliphatic rings. The maximum Gasteiger partial charge on any atom is 0.246 e. The number of tetrazole rings is 1. The fourth-order valence-corrected chi connectivity index (χ4v) is 2.98. The summed E-state index contributed by atoms with van der Waals surface area (Å²) < 4.78 is 0. The van der Waals surface area contributed by atoms with Gasteiger partial charge in [-0.05, 0) is 30.9 Å². The number of benzene rings is 1. The largest absolute Gasteiger partial charge is 0.338 e. The minimum atomic E-state index is 0.0866. The van der Waals surface area contributed by atoms with Gasteiger partial charge in [-0.2, -0.15) is 4.80 Å². The fraction of sp³-hybridized carbons (Fsp3) is 0.500. The van der Waals surface area contributed by atoms with Crippen molar-refractivity contribution in [3.05, 3.63) is 30.3 Å². The molecule has 1 atom stereocenters. The van der Waals surface area contributed by atoms with Gasteiger partial charge in [-0.1, -0.05) is 37.3 Å². The number of amides is 1. The Kier molecular flexibility index (Phi) is 4.46. The second kappa shape index (κ2) is 6.68. The zero-order valence-corrected chi connectivity index (χ0v) is 12.9. The average molecular weight is 299 g/mol. The molecule has 1 amide bonds. The van der Waals surface area contributed by atoms with Crippen LogP contribution in [0.4, 0.5) is 0 Å². The lowest BCUT2D eigenvalue weighted by Crippen LogP contribution is -2.45. The first-order valence-corrected chi connectivity index (χ1v) is 7.90. The minimum absolute atomic E-state index is 0.0866. The van der Waals surface area contributed by atoms with Crippen LogP contribution in [0, 0.1) is 0 Å². The van der Waals surface area contributed by atoms with Crippen molar-refractivity contribution in [2.75, 3.05) is 6.54 Å². The number of aromatic nitrogens is 4. The van der Waals surface area contributed by atoms with E-state index in [1.165, 1.54) is 11.2 Å². The predicted molar refractivity (Wildman–Crippen MR) is 82.9 cm³/mol. The summed E-state index contributed by atoms with van der Waals surface area (Å²) in [4.78, 5) is 15.9. The third-order valence-electron chi connectivity index (χ3n) is 4.18. The van der Waals surface area contributed by atoms with Crippen LogP contribution >= 0.6 is 0 Å². The normalized spacial score (nSPS) is 18.4. The van der Waals surface area contributed by atoms with Gasteiger partial charge in [-0.25, -0.2) is 0 Å². The smallest absolute Gasteiger partial charge is 0.246 e. The number of hydrogen-bond donors (Lipinski definition) is 0. The summed E-state index contributed by atoms with van der Waals surface area (Å²) >= 11 is 0. The Morgan fingerprint density at radius 3 is 2.86 bits per heavy atom. The maximum absolute atomic E-state index is 12.5. The van der Waals surface area contributed by atoms with Crippen LogP contribution in [0.25, 0.3) is 11.4 Å². The van der Waals surface area contributed by atoms with Crippen LogP contribution in [-0.2, 0) is 11.3 Å². The van der Waals surface area contributed by atoms with E-state index in [1.54, 1.807) is 0 Å². The summed E-state index contributed by atoms with van der Waals surface area (Å²) in [6, 6.07) is 10.0. The van der Waals surface area contributed by atoms with Crippen molar-refractivity contribution < 1.29 is 4.79 Å². The van der Waals surface area contributed by atoms with Gasteiger partial charge in [0.05, 0.1) is 0 Å². The molecule has 1 saturated heterocycles. The van der Waals surface area contributed by atoms with Gasteiger partial charge in [-0.15, -0.1) is 10.2 Å². The Morgan fingerprint density at radius 1 is 1.27 bits per heavy atom. The van der Waals surface area contributed by atoms with Gasteiger partial charge >= 0.3 is 0 Å². The average Bonchev–Trinajstić information content (AvgIpc) is 3.04. The summed E-state index contributed by atoms with van der Waals surface area (Å²) in [6.07, 6.45) is 4.40. The number of carbonyl (C=O) groups is 1.